The third-order valence-corrected chi connectivity index (χ3v) is 3.61. The fourth-order valence-electron chi connectivity index (χ4n) is 1.99. The molecule has 2 aromatic rings. The molecule has 5 heteroatoms. The van der Waals surface area contributed by atoms with Crippen molar-refractivity contribution < 1.29 is 4.79 Å². The average Bonchev–Trinajstić information content (AvgIpc) is 3.03. The van der Waals surface area contributed by atoms with Crippen LogP contribution in [0.3, 0.4) is 0 Å². The maximum absolute atomic E-state index is 12.5. The summed E-state index contributed by atoms with van der Waals surface area (Å²) >= 11 is 11.8. The van der Waals surface area contributed by atoms with Crippen LogP contribution in [0.2, 0.25) is 0 Å². The van der Waals surface area contributed by atoms with Gasteiger partial charge in [-0.3, -0.25) is 4.79 Å². The molecule has 2 atom stereocenters. The molecule has 0 saturated heterocycles. The largest absolute Gasteiger partial charge is 0.364 e. The molecule has 0 aliphatic heterocycles. The van der Waals surface area contributed by atoms with Crippen LogP contribution in [-0.2, 0) is 4.79 Å². The molecule has 0 aromatic carbocycles. The maximum atomic E-state index is 12.5. The van der Waals surface area contributed by atoms with Crippen LogP contribution in [0.4, 0.5) is 0 Å². The molecule has 2 aromatic heterocycles. The standard InChI is InChI=1S/C13H14Cl2N2O/c14-7-9(11-3-1-5-16-11)13(18)10(8-15)12-4-2-6-17-12/h1-6,9-10,16-17H,7-8H2. The highest BCUT2D eigenvalue weighted by atomic mass is 35.5. The number of aromatic nitrogens is 2. The number of carbonyl (C=O) groups is 1. The summed E-state index contributed by atoms with van der Waals surface area (Å²) in [5.74, 6) is -0.187. The summed E-state index contributed by atoms with van der Waals surface area (Å²) in [6, 6.07) is 7.44. The van der Waals surface area contributed by atoms with E-state index in [1.54, 1.807) is 12.4 Å². The molecule has 0 saturated carbocycles. The van der Waals surface area contributed by atoms with Crippen LogP contribution in [0.1, 0.15) is 23.2 Å². The zero-order valence-corrected chi connectivity index (χ0v) is 11.2. The lowest BCUT2D eigenvalue weighted by atomic mass is 9.91. The van der Waals surface area contributed by atoms with Gasteiger partial charge in [0, 0.05) is 35.5 Å². The Balaban J connectivity index is 2.23. The summed E-state index contributed by atoms with van der Waals surface area (Å²) < 4.78 is 0. The molecular formula is C13H14Cl2N2O. The minimum absolute atomic E-state index is 0.0323. The lowest BCUT2D eigenvalue weighted by Crippen LogP contribution is -2.23. The predicted octanol–water partition coefficient (Wildman–Crippen LogP) is 3.26. The maximum Gasteiger partial charge on any atom is 0.153 e. The number of ketones is 1. The minimum atomic E-state index is -0.353. The third kappa shape index (κ3) is 2.62. The van der Waals surface area contributed by atoms with E-state index < -0.39 is 0 Å². The molecule has 0 radical (unpaired) electrons. The van der Waals surface area contributed by atoms with Crippen LogP contribution in [0.5, 0.6) is 0 Å². The van der Waals surface area contributed by atoms with Gasteiger partial charge in [-0.15, -0.1) is 23.2 Å². The van der Waals surface area contributed by atoms with Crippen molar-refractivity contribution in [1.82, 2.24) is 9.97 Å². The van der Waals surface area contributed by atoms with Crippen molar-refractivity contribution in [3.8, 4) is 0 Å². The number of hydrogen-bond acceptors (Lipinski definition) is 1. The second-order valence-electron chi connectivity index (χ2n) is 4.07. The van der Waals surface area contributed by atoms with Crippen molar-refractivity contribution >= 4 is 29.0 Å². The number of alkyl halides is 2. The molecule has 0 bridgehead atoms. The molecule has 96 valence electrons. The Morgan fingerprint density at radius 2 is 1.44 bits per heavy atom. The SMILES string of the molecule is O=C(C(CCl)c1ccc[nH]1)C(CCl)c1ccc[nH]1. The molecule has 0 fully saturated rings. The first-order valence-electron chi connectivity index (χ1n) is 5.70. The molecule has 18 heavy (non-hydrogen) atoms. The number of halogens is 2. The van der Waals surface area contributed by atoms with E-state index in [1.807, 2.05) is 24.3 Å². The van der Waals surface area contributed by atoms with Crippen LogP contribution in [0, 0.1) is 0 Å². The molecule has 0 aliphatic carbocycles. The van der Waals surface area contributed by atoms with E-state index in [0.717, 1.165) is 11.4 Å². The topological polar surface area (TPSA) is 48.6 Å². The van der Waals surface area contributed by atoms with Gasteiger partial charge >= 0.3 is 0 Å². The van der Waals surface area contributed by atoms with Crippen molar-refractivity contribution in [2.45, 2.75) is 11.8 Å². The van der Waals surface area contributed by atoms with Crippen molar-refractivity contribution in [2.75, 3.05) is 11.8 Å². The molecule has 3 nitrogen and oxygen atoms in total. The Morgan fingerprint density at radius 3 is 1.72 bits per heavy atom. The van der Waals surface area contributed by atoms with Gasteiger partial charge in [0.2, 0.25) is 0 Å². The van der Waals surface area contributed by atoms with E-state index in [9.17, 15) is 4.79 Å². The predicted molar refractivity (Wildman–Crippen MR) is 73.5 cm³/mol. The van der Waals surface area contributed by atoms with Gasteiger partial charge in [0.15, 0.2) is 5.78 Å². The molecule has 2 heterocycles. The first-order valence-corrected chi connectivity index (χ1v) is 6.77. The summed E-state index contributed by atoms with van der Waals surface area (Å²) in [5, 5.41) is 0. The van der Waals surface area contributed by atoms with Gasteiger partial charge in [0.25, 0.3) is 0 Å². The summed E-state index contributed by atoms with van der Waals surface area (Å²) in [6.45, 7) is 0. The Hall–Kier alpha value is -1.19. The number of rotatable bonds is 6. The Bertz CT molecular complexity index is 435. The average molecular weight is 285 g/mol. The van der Waals surface area contributed by atoms with E-state index in [-0.39, 0.29) is 29.4 Å². The van der Waals surface area contributed by atoms with Crippen LogP contribution < -0.4 is 0 Å². The molecule has 2 rings (SSSR count). The fourth-order valence-corrected chi connectivity index (χ4v) is 2.63. The number of Topliss-reactive ketones (excluding diaryl/α,β-unsaturated/α-hetero) is 1. The zero-order chi connectivity index (χ0) is 13.0. The number of hydrogen-bond donors (Lipinski definition) is 2. The Morgan fingerprint density at radius 1 is 1.00 bits per heavy atom. The van der Waals surface area contributed by atoms with Crippen molar-refractivity contribution in [3.63, 3.8) is 0 Å². The fraction of sp³-hybridized carbons (Fsp3) is 0.308. The van der Waals surface area contributed by atoms with Gasteiger partial charge in [0.05, 0.1) is 11.8 Å². The minimum Gasteiger partial charge on any atom is -0.364 e. The summed E-state index contributed by atoms with van der Waals surface area (Å²) in [4.78, 5) is 18.6. The monoisotopic (exact) mass is 284 g/mol. The Labute approximate surface area is 115 Å². The van der Waals surface area contributed by atoms with Crippen molar-refractivity contribution in [3.05, 3.63) is 48.0 Å². The van der Waals surface area contributed by atoms with Crippen molar-refractivity contribution in [2.24, 2.45) is 0 Å². The van der Waals surface area contributed by atoms with Gasteiger partial charge in [-0.1, -0.05) is 0 Å². The van der Waals surface area contributed by atoms with Gasteiger partial charge < -0.3 is 9.97 Å². The first-order chi connectivity index (χ1) is 8.77. The van der Waals surface area contributed by atoms with E-state index in [4.69, 9.17) is 23.2 Å². The first kappa shape index (κ1) is 13.2. The van der Waals surface area contributed by atoms with Crippen LogP contribution in [0.25, 0.3) is 0 Å². The molecule has 0 spiro atoms. The van der Waals surface area contributed by atoms with E-state index in [0.29, 0.717) is 0 Å². The second kappa shape index (κ2) is 6.12. The van der Waals surface area contributed by atoms with Gasteiger partial charge in [-0.25, -0.2) is 0 Å². The molecule has 2 N–H and O–H groups in total. The smallest absolute Gasteiger partial charge is 0.153 e. The van der Waals surface area contributed by atoms with Crippen molar-refractivity contribution in [1.29, 1.82) is 0 Å². The Kier molecular flexibility index (Phi) is 4.50. The van der Waals surface area contributed by atoms with Gasteiger partial charge in [-0.2, -0.15) is 0 Å². The van der Waals surface area contributed by atoms with Gasteiger partial charge in [-0.05, 0) is 24.3 Å². The number of carbonyl (C=O) groups excluding carboxylic acids is 1. The van der Waals surface area contributed by atoms with Crippen LogP contribution in [-0.4, -0.2) is 27.5 Å². The quantitative estimate of drug-likeness (QED) is 0.786. The van der Waals surface area contributed by atoms with E-state index in [2.05, 4.69) is 9.97 Å². The van der Waals surface area contributed by atoms with E-state index in [1.165, 1.54) is 0 Å². The molecule has 2 unspecified atom stereocenters. The molecule has 0 aliphatic rings. The lowest BCUT2D eigenvalue weighted by Gasteiger charge is -2.17. The third-order valence-electron chi connectivity index (χ3n) is 2.99. The molecular weight excluding hydrogens is 271 g/mol. The number of nitrogens with one attached hydrogen (secondary N) is 2. The van der Waals surface area contributed by atoms with Crippen LogP contribution in [0.15, 0.2) is 36.7 Å². The summed E-state index contributed by atoms with van der Waals surface area (Å²) in [5.41, 5.74) is 1.66. The highest BCUT2D eigenvalue weighted by Crippen LogP contribution is 2.27. The summed E-state index contributed by atoms with van der Waals surface area (Å²) in [7, 11) is 0. The highest BCUT2D eigenvalue weighted by molar-refractivity contribution is 6.22. The number of H-pyrrole nitrogens is 2. The molecule has 0 amide bonds. The zero-order valence-electron chi connectivity index (χ0n) is 9.70. The second-order valence-corrected chi connectivity index (χ2v) is 4.68. The lowest BCUT2D eigenvalue weighted by molar-refractivity contribution is -0.121. The van der Waals surface area contributed by atoms with E-state index >= 15 is 0 Å². The van der Waals surface area contributed by atoms with Crippen LogP contribution >= 0.6 is 23.2 Å². The highest BCUT2D eigenvalue weighted by Gasteiger charge is 2.29. The number of aromatic amines is 2. The normalized spacial score (nSPS) is 14.3. The van der Waals surface area contributed by atoms with Gasteiger partial charge in [0.1, 0.15) is 0 Å². The summed E-state index contributed by atoms with van der Waals surface area (Å²) in [6.07, 6.45) is 3.57.